The van der Waals surface area contributed by atoms with E-state index in [1.807, 2.05) is 4.90 Å². The third-order valence-corrected chi connectivity index (χ3v) is 5.95. The van der Waals surface area contributed by atoms with E-state index in [0.717, 1.165) is 19.5 Å². The van der Waals surface area contributed by atoms with Crippen LogP contribution >= 0.6 is 0 Å². The molecule has 0 amide bonds. The zero-order valence-electron chi connectivity index (χ0n) is 11.5. The molecule has 2 unspecified atom stereocenters. The van der Waals surface area contributed by atoms with Gasteiger partial charge in [0.15, 0.2) is 9.84 Å². The topological polar surface area (TPSA) is 75.7 Å². The maximum absolute atomic E-state index is 12.3. The molecule has 0 aromatic rings. The predicted molar refractivity (Wildman–Crippen MR) is 71.7 cm³/mol. The maximum atomic E-state index is 12.3. The summed E-state index contributed by atoms with van der Waals surface area (Å²) in [6.07, 6.45) is 3.08. The number of carbonyl (C=O) groups excluding carboxylic acids is 1. The molecule has 1 saturated carbocycles. The average molecular weight is 290 g/mol. The van der Waals surface area contributed by atoms with Crippen LogP contribution in [0.25, 0.3) is 0 Å². The molecule has 7 heteroatoms. The molecular formula is C12H22N2O4S. The molecule has 0 spiro atoms. The van der Waals surface area contributed by atoms with E-state index < -0.39 is 26.6 Å². The first kappa shape index (κ1) is 14.7. The van der Waals surface area contributed by atoms with Crippen LogP contribution < -0.4 is 5.32 Å². The van der Waals surface area contributed by atoms with Gasteiger partial charge in [0.2, 0.25) is 0 Å². The lowest BCUT2D eigenvalue weighted by atomic mass is 9.93. The highest BCUT2D eigenvalue weighted by atomic mass is 32.2. The van der Waals surface area contributed by atoms with Crippen LogP contribution in [0.5, 0.6) is 0 Å². The van der Waals surface area contributed by atoms with Gasteiger partial charge in [-0.15, -0.1) is 0 Å². The largest absolute Gasteiger partial charge is 0.468 e. The lowest BCUT2D eigenvalue weighted by Gasteiger charge is -2.44. The van der Waals surface area contributed by atoms with Crippen LogP contribution in [-0.2, 0) is 19.4 Å². The third-order valence-electron chi connectivity index (χ3n) is 4.29. The second-order valence-corrected chi connectivity index (χ2v) is 7.59. The maximum Gasteiger partial charge on any atom is 0.327 e. The first-order chi connectivity index (χ1) is 8.93. The number of esters is 1. The number of nitrogens with zero attached hydrogens (tertiary/aromatic N) is 1. The minimum absolute atomic E-state index is 0.401. The Morgan fingerprint density at radius 3 is 2.53 bits per heavy atom. The Balaban J connectivity index is 2.41. The molecule has 1 heterocycles. The lowest BCUT2D eigenvalue weighted by Crippen LogP contribution is -2.65. The van der Waals surface area contributed by atoms with Crippen molar-refractivity contribution in [2.75, 3.05) is 39.5 Å². The molecule has 1 aliphatic carbocycles. The molecule has 0 radical (unpaired) electrons. The van der Waals surface area contributed by atoms with Crippen molar-refractivity contribution in [1.29, 1.82) is 0 Å². The van der Waals surface area contributed by atoms with Crippen LogP contribution in [0.2, 0.25) is 0 Å². The molecule has 0 aromatic carbocycles. The molecule has 1 N–H and O–H groups in total. The number of sulfone groups is 1. The average Bonchev–Trinajstić information content (AvgIpc) is 2.84. The fourth-order valence-corrected chi connectivity index (χ4v) is 5.16. The Kier molecular flexibility index (Phi) is 4.17. The van der Waals surface area contributed by atoms with Crippen molar-refractivity contribution in [2.45, 2.75) is 30.1 Å². The van der Waals surface area contributed by atoms with Gasteiger partial charge in [0.25, 0.3) is 0 Å². The van der Waals surface area contributed by atoms with E-state index >= 15 is 0 Å². The molecule has 6 nitrogen and oxygen atoms in total. The summed E-state index contributed by atoms with van der Waals surface area (Å²) in [6, 6.07) is 0. The fourth-order valence-electron chi connectivity index (χ4n) is 3.49. The number of nitrogens with one attached hydrogen (secondary N) is 1. The Morgan fingerprint density at radius 2 is 2.00 bits per heavy atom. The normalized spacial score (nSPS) is 33.3. The second kappa shape index (κ2) is 5.38. The summed E-state index contributed by atoms with van der Waals surface area (Å²) in [5.74, 6) is -0.401. The van der Waals surface area contributed by atoms with Gasteiger partial charge < -0.3 is 10.1 Å². The number of hydrogen-bond donors (Lipinski definition) is 1. The fraction of sp³-hybridized carbons (Fsp3) is 0.917. The minimum Gasteiger partial charge on any atom is -0.468 e. The first-order valence-electron chi connectivity index (χ1n) is 6.66. The van der Waals surface area contributed by atoms with E-state index in [2.05, 4.69) is 5.32 Å². The van der Waals surface area contributed by atoms with Crippen molar-refractivity contribution in [2.24, 2.45) is 0 Å². The Morgan fingerprint density at radius 1 is 1.37 bits per heavy atom. The van der Waals surface area contributed by atoms with Crippen molar-refractivity contribution in [1.82, 2.24) is 10.2 Å². The van der Waals surface area contributed by atoms with Crippen LogP contribution in [0.4, 0.5) is 0 Å². The molecule has 0 bridgehead atoms. The van der Waals surface area contributed by atoms with Gasteiger partial charge in [-0.2, -0.15) is 0 Å². The summed E-state index contributed by atoms with van der Waals surface area (Å²) in [4.78, 5) is 14.4. The minimum atomic E-state index is -3.28. The monoisotopic (exact) mass is 290 g/mol. The van der Waals surface area contributed by atoms with Gasteiger partial charge in [-0.3, -0.25) is 9.69 Å². The smallest absolute Gasteiger partial charge is 0.327 e. The van der Waals surface area contributed by atoms with Crippen molar-refractivity contribution in [3.8, 4) is 0 Å². The molecule has 2 fully saturated rings. The van der Waals surface area contributed by atoms with Crippen LogP contribution in [0, 0.1) is 0 Å². The highest BCUT2D eigenvalue weighted by molar-refractivity contribution is 7.91. The summed E-state index contributed by atoms with van der Waals surface area (Å²) in [5, 5.41) is 2.58. The first-order valence-corrected chi connectivity index (χ1v) is 8.61. The van der Waals surface area contributed by atoms with Crippen LogP contribution in [-0.4, -0.2) is 69.6 Å². The lowest BCUT2D eigenvalue weighted by molar-refractivity contribution is -0.155. The zero-order valence-corrected chi connectivity index (χ0v) is 12.3. The molecule has 2 atom stereocenters. The molecule has 1 saturated heterocycles. The molecular weight excluding hydrogens is 268 g/mol. The number of rotatable bonds is 3. The van der Waals surface area contributed by atoms with Crippen molar-refractivity contribution >= 4 is 15.8 Å². The molecule has 2 rings (SSSR count). The van der Waals surface area contributed by atoms with Gasteiger partial charge >= 0.3 is 5.97 Å². The number of ether oxygens (including phenoxy) is 1. The highest BCUT2D eigenvalue weighted by Gasteiger charge is 2.57. The molecule has 1 aliphatic heterocycles. The van der Waals surface area contributed by atoms with E-state index in [0.29, 0.717) is 25.9 Å². The van der Waals surface area contributed by atoms with Gasteiger partial charge in [0.1, 0.15) is 5.54 Å². The standard InChI is InChI=1S/C12H22N2O4S/c1-18-11(15)12(14-8-6-13-7-9-14)5-3-4-10(12)19(2,16)17/h10,13H,3-9H2,1-2H3. The molecule has 2 aliphatic rings. The van der Waals surface area contributed by atoms with Gasteiger partial charge in [0, 0.05) is 32.4 Å². The summed E-state index contributed by atoms with van der Waals surface area (Å²) in [5.41, 5.74) is -0.982. The van der Waals surface area contributed by atoms with Gasteiger partial charge in [-0.05, 0) is 19.3 Å². The van der Waals surface area contributed by atoms with Crippen LogP contribution in [0.15, 0.2) is 0 Å². The summed E-state index contributed by atoms with van der Waals surface area (Å²) in [6.45, 7) is 2.91. The SMILES string of the molecule is COC(=O)C1(N2CCNCC2)CCCC1S(C)(=O)=O. The Labute approximate surface area is 114 Å². The Bertz CT molecular complexity index is 445. The third kappa shape index (κ3) is 2.51. The van der Waals surface area contributed by atoms with Crippen molar-refractivity contribution in [3.05, 3.63) is 0 Å². The number of hydrogen-bond acceptors (Lipinski definition) is 6. The Hall–Kier alpha value is -0.660. The number of piperazine rings is 1. The van der Waals surface area contributed by atoms with Crippen LogP contribution in [0.3, 0.4) is 0 Å². The van der Waals surface area contributed by atoms with Gasteiger partial charge in [-0.25, -0.2) is 8.42 Å². The van der Waals surface area contributed by atoms with E-state index in [1.54, 1.807) is 0 Å². The molecule has 19 heavy (non-hydrogen) atoms. The second-order valence-electron chi connectivity index (χ2n) is 5.36. The molecule has 110 valence electrons. The number of methoxy groups -OCH3 is 1. The predicted octanol–water partition coefficient (Wildman–Crippen LogP) is -0.599. The van der Waals surface area contributed by atoms with E-state index in [4.69, 9.17) is 4.74 Å². The highest BCUT2D eigenvalue weighted by Crippen LogP contribution is 2.40. The number of carbonyl (C=O) groups is 1. The van der Waals surface area contributed by atoms with Gasteiger partial charge in [0.05, 0.1) is 12.4 Å². The quantitative estimate of drug-likeness (QED) is 0.700. The summed E-state index contributed by atoms with van der Waals surface area (Å²) < 4.78 is 29.1. The van der Waals surface area contributed by atoms with Gasteiger partial charge in [-0.1, -0.05) is 0 Å². The molecule has 0 aromatic heterocycles. The van der Waals surface area contributed by atoms with Crippen molar-refractivity contribution in [3.63, 3.8) is 0 Å². The van der Waals surface area contributed by atoms with Crippen molar-refractivity contribution < 1.29 is 17.9 Å². The summed E-state index contributed by atoms with van der Waals surface area (Å²) in [7, 11) is -1.94. The van der Waals surface area contributed by atoms with E-state index in [-0.39, 0.29) is 0 Å². The summed E-state index contributed by atoms with van der Waals surface area (Å²) >= 11 is 0. The van der Waals surface area contributed by atoms with E-state index in [9.17, 15) is 13.2 Å². The zero-order chi connectivity index (χ0) is 14.1. The van der Waals surface area contributed by atoms with Crippen LogP contribution in [0.1, 0.15) is 19.3 Å². The van der Waals surface area contributed by atoms with E-state index in [1.165, 1.54) is 13.4 Å².